The van der Waals surface area contributed by atoms with Gasteiger partial charge in [0.1, 0.15) is 5.75 Å². The molecule has 0 saturated heterocycles. The van der Waals surface area contributed by atoms with Crippen molar-refractivity contribution in [2.24, 2.45) is 4.99 Å². The Labute approximate surface area is 111 Å². The van der Waals surface area contributed by atoms with Gasteiger partial charge in [-0.05, 0) is 23.8 Å². The number of methoxy groups -OCH3 is 1. The van der Waals surface area contributed by atoms with Gasteiger partial charge in [0.15, 0.2) is 0 Å². The molecule has 2 aromatic rings. The average Bonchev–Trinajstić information content (AvgIpc) is 2.77. The van der Waals surface area contributed by atoms with Gasteiger partial charge < -0.3 is 4.74 Å². The molecule has 0 aromatic heterocycles. The molecule has 1 aliphatic heterocycles. The summed E-state index contributed by atoms with van der Waals surface area (Å²) in [5.74, 6) is 0.688. The summed E-state index contributed by atoms with van der Waals surface area (Å²) in [6, 6.07) is 15.4. The van der Waals surface area contributed by atoms with Crippen LogP contribution in [0.1, 0.15) is 21.5 Å². The minimum atomic E-state index is -0.140. The van der Waals surface area contributed by atoms with Crippen molar-refractivity contribution in [2.45, 2.75) is 6.42 Å². The van der Waals surface area contributed by atoms with Crippen LogP contribution in [0.3, 0.4) is 0 Å². The van der Waals surface area contributed by atoms with Crippen LogP contribution < -0.4 is 4.74 Å². The number of hydrogen-bond acceptors (Lipinski definition) is 2. The molecule has 3 heteroatoms. The summed E-state index contributed by atoms with van der Waals surface area (Å²) in [6.07, 6.45) is 0.659. The maximum atomic E-state index is 11.8. The minimum absolute atomic E-state index is 0.140. The standard InChI is InChI=1S/C16H13NO2/c1-19-12-8-6-11(7-9-12)10-15-13-4-2-3-5-14(13)16(18)17-15/h2-9H,10H2,1H3. The summed E-state index contributed by atoms with van der Waals surface area (Å²) >= 11 is 0. The van der Waals surface area contributed by atoms with E-state index in [1.807, 2.05) is 48.5 Å². The van der Waals surface area contributed by atoms with Crippen molar-refractivity contribution in [3.8, 4) is 5.75 Å². The topological polar surface area (TPSA) is 38.7 Å². The number of carbonyl (C=O) groups is 1. The summed E-state index contributed by atoms with van der Waals surface area (Å²) in [7, 11) is 1.64. The predicted molar refractivity (Wildman–Crippen MR) is 74.0 cm³/mol. The van der Waals surface area contributed by atoms with Crippen LogP contribution in [0.15, 0.2) is 53.5 Å². The Bertz CT molecular complexity index is 657. The quantitative estimate of drug-likeness (QED) is 0.841. The molecule has 0 bridgehead atoms. The number of ether oxygens (including phenoxy) is 1. The lowest BCUT2D eigenvalue weighted by Crippen LogP contribution is -2.02. The van der Waals surface area contributed by atoms with Gasteiger partial charge in [0.25, 0.3) is 5.91 Å². The molecule has 1 amide bonds. The summed E-state index contributed by atoms with van der Waals surface area (Å²) in [5.41, 5.74) is 3.60. The highest BCUT2D eigenvalue weighted by molar-refractivity contribution is 6.21. The van der Waals surface area contributed by atoms with Crippen molar-refractivity contribution in [3.63, 3.8) is 0 Å². The first-order chi connectivity index (χ1) is 9.28. The van der Waals surface area contributed by atoms with Gasteiger partial charge in [-0.25, -0.2) is 4.99 Å². The number of fused-ring (bicyclic) bond motifs is 1. The first-order valence-corrected chi connectivity index (χ1v) is 6.12. The fourth-order valence-electron chi connectivity index (χ4n) is 2.24. The maximum absolute atomic E-state index is 11.8. The Morgan fingerprint density at radius 1 is 1.00 bits per heavy atom. The molecule has 0 radical (unpaired) electrons. The van der Waals surface area contributed by atoms with Crippen LogP contribution in [0, 0.1) is 0 Å². The van der Waals surface area contributed by atoms with E-state index in [0.717, 1.165) is 22.6 Å². The van der Waals surface area contributed by atoms with E-state index in [2.05, 4.69) is 4.99 Å². The highest BCUT2D eigenvalue weighted by atomic mass is 16.5. The Morgan fingerprint density at radius 2 is 1.68 bits per heavy atom. The van der Waals surface area contributed by atoms with E-state index in [-0.39, 0.29) is 5.91 Å². The van der Waals surface area contributed by atoms with Crippen molar-refractivity contribution >= 4 is 11.6 Å². The second-order valence-electron chi connectivity index (χ2n) is 4.43. The summed E-state index contributed by atoms with van der Waals surface area (Å²) in [4.78, 5) is 15.9. The molecule has 0 atom stereocenters. The third kappa shape index (κ3) is 2.15. The zero-order valence-corrected chi connectivity index (χ0v) is 10.6. The van der Waals surface area contributed by atoms with E-state index in [9.17, 15) is 4.79 Å². The van der Waals surface area contributed by atoms with Crippen LogP contribution in [-0.2, 0) is 6.42 Å². The fourth-order valence-corrected chi connectivity index (χ4v) is 2.24. The van der Waals surface area contributed by atoms with E-state index in [4.69, 9.17) is 4.74 Å². The van der Waals surface area contributed by atoms with Gasteiger partial charge in [-0.2, -0.15) is 0 Å². The van der Waals surface area contributed by atoms with E-state index >= 15 is 0 Å². The Hall–Kier alpha value is -2.42. The molecule has 19 heavy (non-hydrogen) atoms. The highest BCUT2D eigenvalue weighted by Crippen LogP contribution is 2.21. The van der Waals surface area contributed by atoms with Crippen molar-refractivity contribution in [2.75, 3.05) is 7.11 Å². The second kappa shape index (κ2) is 4.69. The Morgan fingerprint density at radius 3 is 2.37 bits per heavy atom. The summed E-state index contributed by atoms with van der Waals surface area (Å²) in [5, 5.41) is 0. The van der Waals surface area contributed by atoms with Gasteiger partial charge in [-0.3, -0.25) is 4.79 Å². The number of rotatable bonds is 3. The van der Waals surface area contributed by atoms with Crippen molar-refractivity contribution in [1.82, 2.24) is 0 Å². The molecule has 0 fully saturated rings. The molecule has 2 aromatic carbocycles. The SMILES string of the molecule is COc1ccc(CC2=NC(=O)c3ccccc32)cc1. The zero-order valence-electron chi connectivity index (χ0n) is 10.6. The van der Waals surface area contributed by atoms with Crippen LogP contribution in [0.4, 0.5) is 0 Å². The van der Waals surface area contributed by atoms with Crippen LogP contribution in [0.25, 0.3) is 0 Å². The molecule has 1 heterocycles. The number of aliphatic imine (C=N–C) groups is 1. The first kappa shape index (κ1) is 11.7. The lowest BCUT2D eigenvalue weighted by Gasteiger charge is -2.04. The molecule has 0 unspecified atom stereocenters. The molecular weight excluding hydrogens is 238 g/mol. The largest absolute Gasteiger partial charge is 0.497 e. The number of benzene rings is 2. The van der Waals surface area contributed by atoms with E-state index in [1.54, 1.807) is 7.11 Å². The zero-order chi connectivity index (χ0) is 13.2. The minimum Gasteiger partial charge on any atom is -0.497 e. The molecule has 0 N–H and O–H groups in total. The summed E-state index contributed by atoms with van der Waals surface area (Å²) in [6.45, 7) is 0. The van der Waals surface area contributed by atoms with E-state index in [0.29, 0.717) is 12.0 Å². The molecule has 0 aliphatic carbocycles. The lowest BCUT2D eigenvalue weighted by atomic mass is 10.0. The smallest absolute Gasteiger partial charge is 0.277 e. The van der Waals surface area contributed by atoms with Gasteiger partial charge in [0.2, 0.25) is 0 Å². The highest BCUT2D eigenvalue weighted by Gasteiger charge is 2.22. The molecule has 0 spiro atoms. The van der Waals surface area contributed by atoms with Gasteiger partial charge >= 0.3 is 0 Å². The molecule has 3 nitrogen and oxygen atoms in total. The number of carbonyl (C=O) groups excluding carboxylic acids is 1. The van der Waals surface area contributed by atoms with Gasteiger partial charge in [0.05, 0.1) is 18.4 Å². The Balaban J connectivity index is 1.88. The van der Waals surface area contributed by atoms with E-state index < -0.39 is 0 Å². The first-order valence-electron chi connectivity index (χ1n) is 6.12. The summed E-state index contributed by atoms with van der Waals surface area (Å²) < 4.78 is 5.13. The molecule has 0 saturated carbocycles. The monoisotopic (exact) mass is 251 g/mol. The van der Waals surface area contributed by atoms with Gasteiger partial charge in [0, 0.05) is 12.0 Å². The van der Waals surface area contributed by atoms with Gasteiger partial charge in [-0.1, -0.05) is 30.3 Å². The third-order valence-corrected chi connectivity index (χ3v) is 3.24. The predicted octanol–water partition coefficient (Wildman–Crippen LogP) is 2.88. The maximum Gasteiger partial charge on any atom is 0.277 e. The molecular formula is C16H13NO2. The fraction of sp³-hybridized carbons (Fsp3) is 0.125. The normalized spacial score (nSPS) is 13.1. The molecule has 1 aliphatic rings. The van der Waals surface area contributed by atoms with Crippen molar-refractivity contribution in [3.05, 3.63) is 65.2 Å². The molecule has 94 valence electrons. The number of nitrogens with zero attached hydrogens (tertiary/aromatic N) is 1. The van der Waals surface area contributed by atoms with Crippen molar-refractivity contribution < 1.29 is 9.53 Å². The van der Waals surface area contributed by atoms with Crippen LogP contribution in [0.5, 0.6) is 5.75 Å². The Kier molecular flexibility index (Phi) is 2.88. The third-order valence-electron chi connectivity index (χ3n) is 3.24. The average molecular weight is 251 g/mol. The van der Waals surface area contributed by atoms with Crippen LogP contribution in [-0.4, -0.2) is 18.7 Å². The van der Waals surface area contributed by atoms with E-state index in [1.165, 1.54) is 0 Å². The van der Waals surface area contributed by atoms with Crippen LogP contribution in [0.2, 0.25) is 0 Å². The van der Waals surface area contributed by atoms with Crippen LogP contribution >= 0.6 is 0 Å². The molecule has 3 rings (SSSR count). The lowest BCUT2D eigenvalue weighted by molar-refractivity contribution is 0.101. The second-order valence-corrected chi connectivity index (χ2v) is 4.43. The number of amides is 1. The van der Waals surface area contributed by atoms with Crippen molar-refractivity contribution in [1.29, 1.82) is 0 Å². The van der Waals surface area contributed by atoms with Gasteiger partial charge in [-0.15, -0.1) is 0 Å². The number of hydrogen-bond donors (Lipinski definition) is 0.